The standard InChI is InChI=1S/C11H18O3/c1-4-9(12)6-10-7(2)5-8(3)11(13)14-10/h5,7,9-10,12H,4,6H2,1-3H3/t7-,9-,10?/m1/s1. The zero-order chi connectivity index (χ0) is 10.7. The number of carbonyl (C=O) groups is 1. The van der Waals surface area contributed by atoms with Crippen LogP contribution < -0.4 is 0 Å². The first-order valence-corrected chi connectivity index (χ1v) is 5.12. The second kappa shape index (κ2) is 4.60. The summed E-state index contributed by atoms with van der Waals surface area (Å²) < 4.78 is 5.22. The number of hydrogen-bond donors (Lipinski definition) is 1. The Labute approximate surface area is 84.8 Å². The largest absolute Gasteiger partial charge is 0.458 e. The molecule has 0 aromatic carbocycles. The van der Waals surface area contributed by atoms with E-state index in [2.05, 4.69) is 0 Å². The number of aliphatic hydroxyl groups is 1. The quantitative estimate of drug-likeness (QED) is 0.701. The topological polar surface area (TPSA) is 46.5 Å². The summed E-state index contributed by atoms with van der Waals surface area (Å²) in [5, 5.41) is 9.47. The lowest BCUT2D eigenvalue weighted by molar-refractivity contribution is -0.149. The summed E-state index contributed by atoms with van der Waals surface area (Å²) in [6, 6.07) is 0. The summed E-state index contributed by atoms with van der Waals surface area (Å²) in [5.41, 5.74) is 0.666. The molecule has 0 spiro atoms. The molecule has 1 unspecified atom stereocenters. The maximum atomic E-state index is 11.2. The van der Waals surface area contributed by atoms with Crippen molar-refractivity contribution in [2.24, 2.45) is 5.92 Å². The zero-order valence-electron chi connectivity index (χ0n) is 8.99. The van der Waals surface area contributed by atoms with E-state index in [-0.39, 0.29) is 24.1 Å². The molecule has 0 aromatic rings. The number of esters is 1. The smallest absolute Gasteiger partial charge is 0.333 e. The second-order valence-corrected chi connectivity index (χ2v) is 3.95. The van der Waals surface area contributed by atoms with E-state index < -0.39 is 0 Å². The summed E-state index contributed by atoms with van der Waals surface area (Å²) >= 11 is 0. The normalized spacial score (nSPS) is 29.4. The van der Waals surface area contributed by atoms with Crippen molar-refractivity contribution < 1.29 is 14.6 Å². The van der Waals surface area contributed by atoms with E-state index in [1.165, 1.54) is 0 Å². The molecule has 0 radical (unpaired) electrons. The highest BCUT2D eigenvalue weighted by molar-refractivity contribution is 5.88. The Bertz CT molecular complexity index is 245. The molecule has 0 saturated heterocycles. The molecule has 1 rings (SSSR count). The van der Waals surface area contributed by atoms with Crippen LogP contribution in [0.15, 0.2) is 11.6 Å². The Morgan fingerprint density at radius 2 is 2.29 bits per heavy atom. The van der Waals surface area contributed by atoms with Crippen LogP contribution >= 0.6 is 0 Å². The summed E-state index contributed by atoms with van der Waals surface area (Å²) in [6.45, 7) is 5.68. The monoisotopic (exact) mass is 198 g/mol. The van der Waals surface area contributed by atoms with Crippen LogP contribution in [-0.4, -0.2) is 23.3 Å². The fraction of sp³-hybridized carbons (Fsp3) is 0.727. The first-order valence-electron chi connectivity index (χ1n) is 5.12. The van der Waals surface area contributed by atoms with E-state index in [1.54, 1.807) is 6.92 Å². The van der Waals surface area contributed by atoms with Crippen LogP contribution in [0.5, 0.6) is 0 Å². The Kier molecular flexibility index (Phi) is 3.69. The van der Waals surface area contributed by atoms with Gasteiger partial charge < -0.3 is 9.84 Å². The molecule has 0 aromatic heterocycles. The van der Waals surface area contributed by atoms with Gasteiger partial charge in [0.15, 0.2) is 0 Å². The van der Waals surface area contributed by atoms with E-state index in [0.29, 0.717) is 18.4 Å². The van der Waals surface area contributed by atoms with Gasteiger partial charge in [-0.15, -0.1) is 0 Å². The molecule has 3 atom stereocenters. The fourth-order valence-corrected chi connectivity index (χ4v) is 1.61. The number of aliphatic hydroxyl groups excluding tert-OH is 1. The molecule has 0 fully saturated rings. The van der Waals surface area contributed by atoms with E-state index in [0.717, 1.165) is 0 Å². The molecule has 1 N–H and O–H groups in total. The van der Waals surface area contributed by atoms with Gasteiger partial charge in [0.2, 0.25) is 0 Å². The third-order valence-corrected chi connectivity index (χ3v) is 2.66. The van der Waals surface area contributed by atoms with Gasteiger partial charge in [-0.1, -0.05) is 19.9 Å². The van der Waals surface area contributed by atoms with Gasteiger partial charge in [0.1, 0.15) is 6.10 Å². The highest BCUT2D eigenvalue weighted by Crippen LogP contribution is 2.23. The summed E-state index contributed by atoms with van der Waals surface area (Å²) in [5.74, 6) is -0.0506. The highest BCUT2D eigenvalue weighted by Gasteiger charge is 2.27. The van der Waals surface area contributed by atoms with Gasteiger partial charge in [-0.3, -0.25) is 0 Å². The number of rotatable bonds is 3. The molecule has 1 aliphatic rings. The first-order chi connectivity index (χ1) is 6.54. The molecule has 0 amide bonds. The van der Waals surface area contributed by atoms with Gasteiger partial charge in [-0.25, -0.2) is 4.79 Å². The van der Waals surface area contributed by atoms with Gasteiger partial charge in [0.25, 0.3) is 0 Å². The van der Waals surface area contributed by atoms with Crippen molar-refractivity contribution in [3.05, 3.63) is 11.6 Å². The number of hydrogen-bond acceptors (Lipinski definition) is 3. The van der Waals surface area contributed by atoms with Crippen LogP contribution in [-0.2, 0) is 9.53 Å². The average molecular weight is 198 g/mol. The van der Waals surface area contributed by atoms with Crippen molar-refractivity contribution in [3.8, 4) is 0 Å². The molecule has 0 aliphatic carbocycles. The van der Waals surface area contributed by atoms with Crippen molar-refractivity contribution in [2.45, 2.75) is 45.8 Å². The van der Waals surface area contributed by atoms with Crippen LogP contribution in [0.4, 0.5) is 0 Å². The van der Waals surface area contributed by atoms with Crippen LogP contribution in [0.2, 0.25) is 0 Å². The fourth-order valence-electron chi connectivity index (χ4n) is 1.61. The van der Waals surface area contributed by atoms with E-state index in [9.17, 15) is 9.90 Å². The van der Waals surface area contributed by atoms with Crippen molar-refractivity contribution in [1.29, 1.82) is 0 Å². The van der Waals surface area contributed by atoms with E-state index in [4.69, 9.17) is 4.74 Å². The van der Waals surface area contributed by atoms with Crippen LogP contribution in [0.25, 0.3) is 0 Å². The van der Waals surface area contributed by atoms with Gasteiger partial charge in [-0.2, -0.15) is 0 Å². The third kappa shape index (κ3) is 2.58. The molecule has 3 nitrogen and oxygen atoms in total. The van der Waals surface area contributed by atoms with Crippen molar-refractivity contribution >= 4 is 5.97 Å². The summed E-state index contributed by atoms with van der Waals surface area (Å²) in [6.07, 6.45) is 2.61. The van der Waals surface area contributed by atoms with E-state index >= 15 is 0 Å². The van der Waals surface area contributed by atoms with Gasteiger partial charge in [0, 0.05) is 17.9 Å². The van der Waals surface area contributed by atoms with Gasteiger partial charge >= 0.3 is 5.97 Å². The lowest BCUT2D eigenvalue weighted by Crippen LogP contribution is -2.32. The summed E-state index contributed by atoms with van der Waals surface area (Å²) in [7, 11) is 0. The maximum Gasteiger partial charge on any atom is 0.333 e. The lowest BCUT2D eigenvalue weighted by atomic mass is 9.94. The van der Waals surface area contributed by atoms with E-state index in [1.807, 2.05) is 19.9 Å². The molecule has 1 aliphatic heterocycles. The predicted octanol–water partition coefficient (Wildman–Crippen LogP) is 1.66. The predicted molar refractivity (Wildman–Crippen MR) is 53.7 cm³/mol. The first kappa shape index (κ1) is 11.2. The number of ether oxygens (including phenoxy) is 1. The summed E-state index contributed by atoms with van der Waals surface area (Å²) in [4.78, 5) is 11.2. The Balaban J connectivity index is 2.60. The zero-order valence-corrected chi connectivity index (χ0v) is 8.99. The molecule has 14 heavy (non-hydrogen) atoms. The van der Waals surface area contributed by atoms with Gasteiger partial charge in [-0.05, 0) is 13.3 Å². The van der Waals surface area contributed by atoms with Crippen LogP contribution in [0.3, 0.4) is 0 Å². The second-order valence-electron chi connectivity index (χ2n) is 3.95. The van der Waals surface area contributed by atoms with Crippen molar-refractivity contribution in [3.63, 3.8) is 0 Å². The molecule has 1 heterocycles. The SMILES string of the molecule is CC[C@@H](O)CC1OC(=O)C(C)=C[C@H]1C. The molecule has 0 saturated carbocycles. The minimum Gasteiger partial charge on any atom is -0.458 e. The Hall–Kier alpha value is -0.830. The minimum atomic E-state index is -0.373. The Morgan fingerprint density at radius 3 is 2.86 bits per heavy atom. The number of cyclic esters (lactones) is 1. The van der Waals surface area contributed by atoms with Crippen molar-refractivity contribution in [2.75, 3.05) is 0 Å². The van der Waals surface area contributed by atoms with Gasteiger partial charge in [0.05, 0.1) is 6.10 Å². The minimum absolute atomic E-state index is 0.166. The lowest BCUT2D eigenvalue weighted by Gasteiger charge is -2.28. The molecule has 80 valence electrons. The maximum absolute atomic E-state index is 11.2. The number of carbonyl (C=O) groups excluding carboxylic acids is 1. The molecule has 0 bridgehead atoms. The molecule has 3 heteroatoms. The third-order valence-electron chi connectivity index (χ3n) is 2.66. The highest BCUT2D eigenvalue weighted by atomic mass is 16.5. The molecular weight excluding hydrogens is 180 g/mol. The van der Waals surface area contributed by atoms with Crippen LogP contribution in [0, 0.1) is 5.92 Å². The van der Waals surface area contributed by atoms with Crippen LogP contribution in [0.1, 0.15) is 33.6 Å². The van der Waals surface area contributed by atoms with Crippen molar-refractivity contribution in [1.82, 2.24) is 0 Å². The Morgan fingerprint density at radius 1 is 1.64 bits per heavy atom. The average Bonchev–Trinajstić information content (AvgIpc) is 2.14. The molecular formula is C11H18O3.